The number of para-hydroxylation sites is 5. The Kier molecular flexibility index (Phi) is 5.88. The van der Waals surface area contributed by atoms with Crippen LogP contribution < -0.4 is 14.4 Å². The molecule has 0 bridgehead atoms. The largest absolute Gasteiger partial charge is 0.318 e. The number of benzene rings is 6. The Morgan fingerprint density at radius 3 is 1.76 bits per heavy atom. The lowest BCUT2D eigenvalue weighted by Gasteiger charge is -2.32. The molecule has 0 N–H and O–H groups in total. The highest BCUT2D eigenvalue weighted by atomic mass is 15.3. The Hall–Kier alpha value is -5.93. The summed E-state index contributed by atoms with van der Waals surface area (Å²) in [7, 11) is 0. The second-order valence-corrected chi connectivity index (χ2v) is 11.6. The molecule has 0 saturated carbocycles. The van der Waals surface area contributed by atoms with Crippen LogP contribution in [-0.4, -0.2) is 11.8 Å². The summed E-state index contributed by atoms with van der Waals surface area (Å²) < 4.78 is 2.44. The lowest BCUT2D eigenvalue weighted by atomic mass is 9.92. The molecule has 1 aliphatic carbocycles. The summed E-state index contributed by atoms with van der Waals surface area (Å²) >= 11 is 0. The third-order valence-corrected chi connectivity index (χ3v) is 9.10. The summed E-state index contributed by atoms with van der Waals surface area (Å²) in [5.74, 6) is 0. The number of nitrogens with zero attached hydrogens (tertiary/aromatic N) is 3. The second kappa shape index (κ2) is 10.4. The average molecular weight is 577 g/mol. The fourth-order valence-corrected chi connectivity index (χ4v) is 7.12. The highest BCUT2D eigenvalue weighted by Gasteiger charge is 2.48. The highest BCUT2D eigenvalue weighted by Crippen LogP contribution is 2.52. The topological polar surface area (TPSA) is 9.49 Å². The van der Waals surface area contributed by atoms with Crippen molar-refractivity contribution in [3.63, 3.8) is 0 Å². The van der Waals surface area contributed by atoms with E-state index in [-0.39, 0.29) is 6.04 Å². The van der Waals surface area contributed by atoms with Crippen LogP contribution in [0.4, 0.5) is 39.8 Å². The molecule has 2 aliphatic heterocycles. The number of fused-ring (bicyclic) bond motifs is 5. The molecule has 1 atom stereocenters. The van der Waals surface area contributed by atoms with Crippen molar-refractivity contribution in [2.75, 3.05) is 9.80 Å². The van der Waals surface area contributed by atoms with Gasteiger partial charge in [0.05, 0.1) is 5.69 Å². The molecule has 1 unspecified atom stereocenters. The standard InChI is InChI=1S/C42H30N3/c1-3-12-32(13-4-1)43(33-14-5-2-6-15-33)34-26-22-30(23-27-34)31-24-28-35(29-25-31)44-39-19-9-10-20-40(39)45-38-18-8-7-16-36(38)37-17-11-21-41(44)42(37)45/h1-29,42H/q+1. The number of allylic oxidation sites excluding steroid dienone is 2. The van der Waals surface area contributed by atoms with E-state index in [1.54, 1.807) is 0 Å². The van der Waals surface area contributed by atoms with Gasteiger partial charge in [-0.3, -0.25) is 0 Å². The van der Waals surface area contributed by atoms with E-state index in [0.717, 1.165) is 17.1 Å². The van der Waals surface area contributed by atoms with Gasteiger partial charge in [-0.15, -0.1) is 0 Å². The predicted octanol–water partition coefficient (Wildman–Crippen LogP) is 10.6. The van der Waals surface area contributed by atoms with Gasteiger partial charge in [0, 0.05) is 46.9 Å². The monoisotopic (exact) mass is 576 g/mol. The molecule has 6 aromatic carbocycles. The minimum atomic E-state index is 0.159. The summed E-state index contributed by atoms with van der Waals surface area (Å²) in [5.41, 5.74) is 14.6. The summed E-state index contributed by atoms with van der Waals surface area (Å²) in [4.78, 5) is 4.80. The van der Waals surface area contributed by atoms with Gasteiger partial charge in [0.15, 0.2) is 0 Å². The van der Waals surface area contributed by atoms with Crippen molar-refractivity contribution in [2.24, 2.45) is 0 Å². The van der Waals surface area contributed by atoms with Crippen molar-refractivity contribution in [3.8, 4) is 11.1 Å². The quantitative estimate of drug-likeness (QED) is 0.189. The first-order chi connectivity index (χ1) is 22.3. The van der Waals surface area contributed by atoms with Gasteiger partial charge >= 0.3 is 0 Å². The maximum absolute atomic E-state index is 2.51. The maximum atomic E-state index is 2.51. The van der Waals surface area contributed by atoms with Gasteiger partial charge in [-0.25, -0.2) is 0 Å². The number of rotatable bonds is 5. The first-order valence-corrected chi connectivity index (χ1v) is 15.5. The van der Waals surface area contributed by atoms with Crippen LogP contribution in [0.15, 0.2) is 176 Å². The van der Waals surface area contributed by atoms with E-state index in [2.05, 4.69) is 190 Å². The Labute approximate surface area is 263 Å². The van der Waals surface area contributed by atoms with E-state index in [1.807, 2.05) is 0 Å². The van der Waals surface area contributed by atoms with Gasteiger partial charge in [0.25, 0.3) is 0 Å². The van der Waals surface area contributed by atoms with E-state index in [9.17, 15) is 0 Å². The van der Waals surface area contributed by atoms with Crippen molar-refractivity contribution >= 4 is 51.1 Å². The molecule has 212 valence electrons. The Morgan fingerprint density at radius 1 is 0.511 bits per heavy atom. The first kappa shape index (κ1) is 25.6. The van der Waals surface area contributed by atoms with Gasteiger partial charge in [-0.05, 0) is 77.4 Å². The molecule has 0 amide bonds. The number of anilines is 5. The molecule has 0 aromatic heterocycles. The minimum absolute atomic E-state index is 0.159. The number of hydrogen-bond donors (Lipinski definition) is 0. The Morgan fingerprint density at radius 2 is 1.07 bits per heavy atom. The van der Waals surface area contributed by atoms with Crippen molar-refractivity contribution < 1.29 is 0 Å². The maximum Gasteiger partial charge on any atom is 0.235 e. The van der Waals surface area contributed by atoms with Crippen LogP contribution >= 0.6 is 0 Å². The van der Waals surface area contributed by atoms with Gasteiger partial charge < -0.3 is 9.80 Å². The van der Waals surface area contributed by atoms with Crippen LogP contribution in [0.1, 0.15) is 5.56 Å². The van der Waals surface area contributed by atoms with Crippen LogP contribution in [0.25, 0.3) is 16.7 Å². The van der Waals surface area contributed by atoms with E-state index >= 15 is 0 Å². The van der Waals surface area contributed by atoms with Crippen LogP contribution in [0.2, 0.25) is 0 Å². The van der Waals surface area contributed by atoms with Gasteiger partial charge in [0.2, 0.25) is 17.1 Å². The normalized spacial score (nSPS) is 15.7. The predicted molar refractivity (Wildman–Crippen MR) is 189 cm³/mol. The minimum Gasteiger partial charge on any atom is -0.318 e. The second-order valence-electron chi connectivity index (χ2n) is 11.6. The SMILES string of the molecule is C1=CC2=[N+](c3ccc(-c4ccc(N(c5ccccc5)c5ccccc5)cc4)cc3)c3ccccc3N3c4ccccc4C(=C1)C23. The van der Waals surface area contributed by atoms with E-state index in [1.165, 1.54) is 50.7 Å². The molecule has 0 fully saturated rings. The zero-order valence-corrected chi connectivity index (χ0v) is 24.7. The smallest absolute Gasteiger partial charge is 0.235 e. The molecule has 0 radical (unpaired) electrons. The fraction of sp³-hybridized carbons (Fsp3) is 0.0238. The molecular formula is C42H30N3+. The summed E-state index contributed by atoms with van der Waals surface area (Å²) in [5, 5.41) is 0. The van der Waals surface area contributed by atoms with Gasteiger partial charge in [-0.1, -0.05) is 91.0 Å². The van der Waals surface area contributed by atoms with Crippen molar-refractivity contribution in [1.82, 2.24) is 4.58 Å². The van der Waals surface area contributed by atoms with Crippen LogP contribution in [-0.2, 0) is 0 Å². The van der Waals surface area contributed by atoms with E-state index in [0.29, 0.717) is 0 Å². The first-order valence-electron chi connectivity index (χ1n) is 15.5. The van der Waals surface area contributed by atoms with Crippen LogP contribution in [0, 0.1) is 0 Å². The Balaban J connectivity index is 1.08. The van der Waals surface area contributed by atoms with Crippen molar-refractivity contribution in [1.29, 1.82) is 0 Å². The summed E-state index contributed by atoms with van der Waals surface area (Å²) in [6, 6.07) is 56.7. The molecule has 45 heavy (non-hydrogen) atoms. The van der Waals surface area contributed by atoms with Gasteiger partial charge in [0.1, 0.15) is 11.7 Å². The van der Waals surface area contributed by atoms with Crippen molar-refractivity contribution in [2.45, 2.75) is 6.04 Å². The molecule has 3 nitrogen and oxygen atoms in total. The zero-order valence-electron chi connectivity index (χ0n) is 24.7. The van der Waals surface area contributed by atoms with Crippen LogP contribution in [0.5, 0.6) is 0 Å². The molecular weight excluding hydrogens is 546 g/mol. The molecule has 2 heterocycles. The zero-order chi connectivity index (χ0) is 29.7. The van der Waals surface area contributed by atoms with Gasteiger partial charge in [-0.2, -0.15) is 4.58 Å². The van der Waals surface area contributed by atoms with E-state index in [4.69, 9.17) is 0 Å². The highest BCUT2D eigenvalue weighted by molar-refractivity contribution is 6.21. The lowest BCUT2D eigenvalue weighted by Crippen LogP contribution is -2.43. The molecule has 3 heteroatoms. The summed E-state index contributed by atoms with van der Waals surface area (Å²) in [6.45, 7) is 0. The summed E-state index contributed by atoms with van der Waals surface area (Å²) in [6.07, 6.45) is 6.76. The third kappa shape index (κ3) is 4.09. The molecule has 0 saturated heterocycles. The molecule has 3 aliphatic rings. The molecule has 0 spiro atoms. The molecule has 6 aromatic rings. The van der Waals surface area contributed by atoms with Crippen LogP contribution in [0.3, 0.4) is 0 Å². The lowest BCUT2D eigenvalue weighted by molar-refractivity contribution is 0.931. The van der Waals surface area contributed by atoms with E-state index < -0.39 is 0 Å². The Bertz CT molecular complexity index is 2100. The third-order valence-electron chi connectivity index (χ3n) is 9.10. The molecule has 9 rings (SSSR count). The average Bonchev–Trinajstić information content (AvgIpc) is 3.46. The fourth-order valence-electron chi connectivity index (χ4n) is 7.12. The number of hydrogen-bond acceptors (Lipinski definition) is 2. The van der Waals surface area contributed by atoms with Crippen molar-refractivity contribution in [3.05, 3.63) is 182 Å².